The average Bonchev–Trinajstić information content (AvgIpc) is 3.26. The van der Waals surface area contributed by atoms with Crippen molar-refractivity contribution in [3.05, 3.63) is 120 Å². The molecule has 32 heavy (non-hydrogen) atoms. The highest BCUT2D eigenvalue weighted by atomic mass is 15.2. The van der Waals surface area contributed by atoms with E-state index < -0.39 is 0 Å². The molecule has 1 fully saturated rings. The molecule has 1 aliphatic heterocycles. The number of likely N-dealkylation sites (tertiary alicyclic amines) is 1. The molecule has 2 heteroatoms. The topological polar surface area (TPSA) is 15.3 Å². The van der Waals surface area contributed by atoms with Crippen LogP contribution in [0, 0.1) is 5.92 Å². The smallest absolute Gasteiger partial charge is 0.0298 e. The molecule has 5 rings (SSSR count). The van der Waals surface area contributed by atoms with Gasteiger partial charge in [0.2, 0.25) is 0 Å². The Kier molecular flexibility index (Phi) is 6.34. The zero-order valence-corrected chi connectivity index (χ0v) is 18.8. The van der Waals surface area contributed by atoms with Crippen molar-refractivity contribution >= 4 is 10.8 Å². The average molecular weight is 421 g/mol. The van der Waals surface area contributed by atoms with E-state index in [0.29, 0.717) is 17.9 Å². The van der Waals surface area contributed by atoms with Crippen LogP contribution in [0.1, 0.15) is 35.6 Å². The van der Waals surface area contributed by atoms with Gasteiger partial charge in [-0.15, -0.1) is 0 Å². The molecule has 0 saturated carbocycles. The zero-order valence-electron chi connectivity index (χ0n) is 18.8. The first kappa shape index (κ1) is 20.9. The molecule has 0 amide bonds. The van der Waals surface area contributed by atoms with Gasteiger partial charge in [0.05, 0.1) is 0 Å². The van der Waals surface area contributed by atoms with E-state index in [4.69, 9.17) is 0 Å². The van der Waals surface area contributed by atoms with Gasteiger partial charge in [0, 0.05) is 38.1 Å². The monoisotopic (exact) mass is 420 g/mol. The quantitative estimate of drug-likeness (QED) is 0.372. The summed E-state index contributed by atoms with van der Waals surface area (Å²) in [6.45, 7) is 6.60. The van der Waals surface area contributed by atoms with Crippen LogP contribution in [0.4, 0.5) is 0 Å². The molecule has 1 unspecified atom stereocenters. The molecule has 1 saturated heterocycles. The van der Waals surface area contributed by atoms with Crippen LogP contribution in [0.2, 0.25) is 0 Å². The molecular formula is C30H32N2. The molecule has 0 bridgehead atoms. The fourth-order valence-corrected chi connectivity index (χ4v) is 5.28. The zero-order chi connectivity index (χ0) is 21.8. The fraction of sp³-hybridized carbons (Fsp3) is 0.267. The maximum absolute atomic E-state index is 3.89. The molecule has 0 radical (unpaired) electrons. The van der Waals surface area contributed by atoms with Gasteiger partial charge in [0.25, 0.3) is 0 Å². The Morgan fingerprint density at radius 3 is 2.28 bits per heavy atom. The van der Waals surface area contributed by atoms with E-state index in [9.17, 15) is 0 Å². The third-order valence-electron chi connectivity index (χ3n) is 6.97. The summed E-state index contributed by atoms with van der Waals surface area (Å²) in [5.74, 6) is 1.16. The van der Waals surface area contributed by atoms with Gasteiger partial charge in [-0.2, -0.15) is 0 Å². The highest BCUT2D eigenvalue weighted by Gasteiger charge is 2.33. The second-order valence-electron chi connectivity index (χ2n) is 9.16. The van der Waals surface area contributed by atoms with Crippen molar-refractivity contribution in [3.63, 3.8) is 0 Å². The number of nitrogens with one attached hydrogen (secondary N) is 1. The summed E-state index contributed by atoms with van der Waals surface area (Å²) in [6.07, 6.45) is 0. The Bertz CT molecular complexity index is 1130. The molecular weight excluding hydrogens is 388 g/mol. The van der Waals surface area contributed by atoms with E-state index in [-0.39, 0.29) is 0 Å². The predicted octanol–water partition coefficient (Wildman–Crippen LogP) is 6.41. The molecule has 4 aromatic carbocycles. The third kappa shape index (κ3) is 4.62. The van der Waals surface area contributed by atoms with Crippen molar-refractivity contribution in [3.8, 4) is 0 Å². The van der Waals surface area contributed by atoms with Crippen molar-refractivity contribution < 1.29 is 0 Å². The van der Waals surface area contributed by atoms with E-state index in [1.807, 2.05) is 0 Å². The largest absolute Gasteiger partial charge is 0.310 e. The molecule has 3 atom stereocenters. The first-order chi connectivity index (χ1) is 15.8. The number of hydrogen-bond acceptors (Lipinski definition) is 2. The van der Waals surface area contributed by atoms with Crippen LogP contribution in [-0.2, 0) is 6.54 Å². The Morgan fingerprint density at radius 2 is 1.47 bits per heavy atom. The lowest BCUT2D eigenvalue weighted by Crippen LogP contribution is -2.30. The van der Waals surface area contributed by atoms with E-state index in [0.717, 1.165) is 26.2 Å². The van der Waals surface area contributed by atoms with Crippen molar-refractivity contribution in [2.24, 2.45) is 5.92 Å². The van der Waals surface area contributed by atoms with Gasteiger partial charge >= 0.3 is 0 Å². The Balaban J connectivity index is 1.32. The number of nitrogens with zero attached hydrogens (tertiary/aromatic N) is 1. The van der Waals surface area contributed by atoms with Crippen LogP contribution < -0.4 is 5.32 Å². The van der Waals surface area contributed by atoms with Gasteiger partial charge in [0.15, 0.2) is 0 Å². The predicted molar refractivity (Wildman–Crippen MR) is 135 cm³/mol. The molecule has 1 aliphatic rings. The van der Waals surface area contributed by atoms with E-state index in [2.05, 4.69) is 120 Å². The number of fused-ring (bicyclic) bond motifs is 1. The van der Waals surface area contributed by atoms with E-state index in [1.54, 1.807) is 0 Å². The van der Waals surface area contributed by atoms with Crippen LogP contribution in [0.15, 0.2) is 103 Å². The molecule has 0 aromatic heterocycles. The maximum atomic E-state index is 3.89. The number of benzene rings is 4. The van der Waals surface area contributed by atoms with Gasteiger partial charge in [-0.1, -0.05) is 103 Å². The Labute approximate surface area is 191 Å². The van der Waals surface area contributed by atoms with Gasteiger partial charge < -0.3 is 5.32 Å². The van der Waals surface area contributed by atoms with E-state index in [1.165, 1.54) is 27.5 Å². The normalized spacial score (nSPS) is 19.9. The summed E-state index contributed by atoms with van der Waals surface area (Å²) in [7, 11) is 0. The summed E-state index contributed by atoms with van der Waals surface area (Å²) in [4.78, 5) is 2.63. The first-order valence-electron chi connectivity index (χ1n) is 11.8. The Morgan fingerprint density at radius 1 is 0.781 bits per heavy atom. The molecule has 162 valence electrons. The number of rotatable bonds is 7. The lowest BCUT2D eigenvalue weighted by Gasteiger charge is -2.23. The molecule has 1 N–H and O–H groups in total. The van der Waals surface area contributed by atoms with Crippen LogP contribution >= 0.6 is 0 Å². The molecule has 0 spiro atoms. The van der Waals surface area contributed by atoms with Crippen LogP contribution in [0.3, 0.4) is 0 Å². The van der Waals surface area contributed by atoms with Crippen molar-refractivity contribution in [1.29, 1.82) is 0 Å². The summed E-state index contributed by atoms with van der Waals surface area (Å²) >= 11 is 0. The minimum Gasteiger partial charge on any atom is -0.310 e. The maximum Gasteiger partial charge on any atom is 0.0298 e. The SMILES string of the molecule is CC(NC[C@H]1CN(Cc2ccccc2)C[C@@H]1c1ccccc1)c1cccc2ccccc12. The number of hydrogen-bond donors (Lipinski definition) is 1. The van der Waals surface area contributed by atoms with Crippen LogP contribution in [0.5, 0.6) is 0 Å². The van der Waals surface area contributed by atoms with Gasteiger partial charge in [0.1, 0.15) is 0 Å². The summed E-state index contributed by atoms with van der Waals surface area (Å²) < 4.78 is 0. The molecule has 1 heterocycles. The molecule has 2 nitrogen and oxygen atoms in total. The minimum absolute atomic E-state index is 0.320. The summed E-state index contributed by atoms with van der Waals surface area (Å²) in [6, 6.07) is 37.6. The van der Waals surface area contributed by atoms with Crippen molar-refractivity contribution in [2.45, 2.75) is 25.4 Å². The standard InChI is InChI=1S/C30H32N2/c1-23(28-18-10-16-25-15-8-9-17-29(25)28)31-19-27-21-32(20-24-11-4-2-5-12-24)22-30(27)26-13-6-3-7-14-26/h2-18,23,27,30-31H,19-22H2,1H3/t23?,27-,30+/m0/s1. The Hall–Kier alpha value is -2.94. The van der Waals surface area contributed by atoms with Crippen molar-refractivity contribution in [1.82, 2.24) is 10.2 Å². The fourth-order valence-electron chi connectivity index (χ4n) is 5.28. The second kappa shape index (κ2) is 9.68. The van der Waals surface area contributed by atoms with Gasteiger partial charge in [-0.3, -0.25) is 4.90 Å². The van der Waals surface area contributed by atoms with Crippen LogP contribution in [-0.4, -0.2) is 24.5 Å². The van der Waals surface area contributed by atoms with Crippen molar-refractivity contribution in [2.75, 3.05) is 19.6 Å². The van der Waals surface area contributed by atoms with Gasteiger partial charge in [-0.25, -0.2) is 0 Å². The summed E-state index contributed by atoms with van der Waals surface area (Å²) in [5, 5.41) is 6.56. The third-order valence-corrected chi connectivity index (χ3v) is 6.97. The van der Waals surface area contributed by atoms with Gasteiger partial charge in [-0.05, 0) is 40.3 Å². The van der Waals surface area contributed by atoms with Crippen LogP contribution in [0.25, 0.3) is 10.8 Å². The first-order valence-corrected chi connectivity index (χ1v) is 11.8. The second-order valence-corrected chi connectivity index (χ2v) is 9.16. The lowest BCUT2D eigenvalue weighted by atomic mass is 9.88. The molecule has 4 aromatic rings. The highest BCUT2D eigenvalue weighted by molar-refractivity contribution is 5.86. The van der Waals surface area contributed by atoms with E-state index >= 15 is 0 Å². The lowest BCUT2D eigenvalue weighted by molar-refractivity contribution is 0.312. The highest BCUT2D eigenvalue weighted by Crippen LogP contribution is 2.34. The molecule has 0 aliphatic carbocycles. The minimum atomic E-state index is 0.320. The summed E-state index contributed by atoms with van der Waals surface area (Å²) in [5.41, 5.74) is 4.25.